The number of halogens is 1. The van der Waals surface area contributed by atoms with Gasteiger partial charge in [0.2, 0.25) is 0 Å². The lowest BCUT2D eigenvalue weighted by Gasteiger charge is -2.07. The number of hydrogen-bond acceptors (Lipinski definition) is 4. The van der Waals surface area contributed by atoms with E-state index in [0.717, 1.165) is 19.3 Å². The fourth-order valence-corrected chi connectivity index (χ4v) is 1.89. The SMILES string of the molecule is CCCCCOc1ccc(C(=O)CBr)cc1[N+](=O)[O-]. The van der Waals surface area contributed by atoms with Crippen LogP contribution >= 0.6 is 15.9 Å². The van der Waals surface area contributed by atoms with Crippen LogP contribution in [0.2, 0.25) is 0 Å². The Hall–Kier alpha value is -1.43. The van der Waals surface area contributed by atoms with Gasteiger partial charge in [-0.05, 0) is 18.6 Å². The Kier molecular flexibility index (Phi) is 6.49. The second-order valence-electron chi connectivity index (χ2n) is 4.05. The fourth-order valence-electron chi connectivity index (χ4n) is 1.57. The summed E-state index contributed by atoms with van der Waals surface area (Å²) in [5.41, 5.74) is 0.146. The maximum absolute atomic E-state index is 11.5. The molecule has 0 heterocycles. The molecule has 1 aromatic carbocycles. The molecule has 1 rings (SSSR count). The summed E-state index contributed by atoms with van der Waals surface area (Å²) in [4.78, 5) is 21.9. The van der Waals surface area contributed by atoms with Crippen LogP contribution in [0.25, 0.3) is 0 Å². The molecule has 0 aliphatic carbocycles. The van der Waals surface area contributed by atoms with Crippen molar-refractivity contribution in [1.29, 1.82) is 0 Å². The molecule has 0 radical (unpaired) electrons. The first-order valence-electron chi connectivity index (χ1n) is 6.10. The number of rotatable bonds is 8. The van der Waals surface area contributed by atoms with Gasteiger partial charge in [0.1, 0.15) is 0 Å². The summed E-state index contributed by atoms with van der Waals surface area (Å²) in [6.45, 7) is 2.52. The van der Waals surface area contributed by atoms with Gasteiger partial charge in [-0.25, -0.2) is 0 Å². The number of nitro benzene ring substituents is 1. The number of nitro groups is 1. The minimum absolute atomic E-state index is 0.140. The zero-order chi connectivity index (χ0) is 14.3. The molecule has 0 amide bonds. The van der Waals surface area contributed by atoms with Gasteiger partial charge in [-0.2, -0.15) is 0 Å². The summed E-state index contributed by atoms with van der Waals surface area (Å²) in [5.74, 6) is 0.0212. The smallest absolute Gasteiger partial charge is 0.311 e. The number of Topliss-reactive ketones (excluding diaryl/α,β-unsaturated/α-hetero) is 1. The standard InChI is InChI=1S/C13H16BrNO4/c1-2-3-4-7-19-13-6-5-10(12(16)9-14)8-11(13)15(17)18/h5-6,8H,2-4,7,9H2,1H3. The second kappa shape index (κ2) is 7.89. The first-order valence-corrected chi connectivity index (χ1v) is 7.22. The molecular weight excluding hydrogens is 314 g/mol. The molecule has 6 heteroatoms. The third-order valence-corrected chi connectivity index (χ3v) is 3.11. The number of benzene rings is 1. The average Bonchev–Trinajstić information content (AvgIpc) is 2.42. The number of carbonyl (C=O) groups excluding carboxylic acids is 1. The van der Waals surface area contributed by atoms with E-state index in [1.54, 1.807) is 6.07 Å². The van der Waals surface area contributed by atoms with Crippen molar-refractivity contribution in [2.24, 2.45) is 0 Å². The van der Waals surface area contributed by atoms with Gasteiger partial charge in [-0.1, -0.05) is 35.7 Å². The van der Waals surface area contributed by atoms with Crippen LogP contribution in [0.4, 0.5) is 5.69 Å². The number of carbonyl (C=O) groups is 1. The van der Waals surface area contributed by atoms with Crippen LogP contribution in [0.15, 0.2) is 18.2 Å². The van der Waals surface area contributed by atoms with E-state index >= 15 is 0 Å². The number of hydrogen-bond donors (Lipinski definition) is 0. The van der Waals surface area contributed by atoms with Gasteiger partial charge >= 0.3 is 5.69 Å². The molecule has 1 aromatic rings. The number of alkyl halides is 1. The molecule has 0 atom stereocenters. The Morgan fingerprint density at radius 1 is 1.42 bits per heavy atom. The van der Waals surface area contributed by atoms with E-state index in [9.17, 15) is 14.9 Å². The number of ether oxygens (including phenoxy) is 1. The summed E-state index contributed by atoms with van der Waals surface area (Å²) in [7, 11) is 0. The van der Waals surface area contributed by atoms with Gasteiger partial charge in [0.25, 0.3) is 0 Å². The number of ketones is 1. The highest BCUT2D eigenvalue weighted by molar-refractivity contribution is 9.09. The fraction of sp³-hybridized carbons (Fsp3) is 0.462. The third kappa shape index (κ3) is 4.63. The minimum Gasteiger partial charge on any atom is -0.487 e. The lowest BCUT2D eigenvalue weighted by Crippen LogP contribution is -2.04. The average molecular weight is 330 g/mol. The summed E-state index contributed by atoms with van der Waals surface area (Å²) in [6.07, 6.45) is 2.94. The van der Waals surface area contributed by atoms with E-state index in [1.165, 1.54) is 12.1 Å². The van der Waals surface area contributed by atoms with Gasteiger partial charge in [0.05, 0.1) is 16.9 Å². The minimum atomic E-state index is -0.528. The molecule has 0 saturated heterocycles. The quantitative estimate of drug-likeness (QED) is 0.239. The Morgan fingerprint density at radius 2 is 2.16 bits per heavy atom. The molecule has 0 fully saturated rings. The zero-order valence-electron chi connectivity index (χ0n) is 10.7. The summed E-state index contributed by atoms with van der Waals surface area (Å²) < 4.78 is 5.40. The molecule has 0 aromatic heterocycles. The van der Waals surface area contributed by atoms with Gasteiger partial charge < -0.3 is 4.74 Å². The predicted molar refractivity (Wildman–Crippen MR) is 76.2 cm³/mol. The van der Waals surface area contributed by atoms with Crippen molar-refractivity contribution in [2.75, 3.05) is 11.9 Å². The molecule has 0 unspecified atom stereocenters. The topological polar surface area (TPSA) is 69.4 Å². The Balaban J connectivity index is 2.86. The molecule has 0 N–H and O–H groups in total. The second-order valence-corrected chi connectivity index (χ2v) is 4.61. The number of nitrogens with zero attached hydrogens (tertiary/aromatic N) is 1. The molecule has 5 nitrogen and oxygen atoms in total. The highest BCUT2D eigenvalue weighted by atomic mass is 79.9. The molecule has 19 heavy (non-hydrogen) atoms. The Bertz CT molecular complexity index is 462. The van der Waals surface area contributed by atoms with Crippen molar-refractivity contribution in [3.05, 3.63) is 33.9 Å². The molecule has 104 valence electrons. The summed E-state index contributed by atoms with van der Waals surface area (Å²) in [5, 5.41) is 11.1. The van der Waals surface area contributed by atoms with Crippen molar-refractivity contribution in [2.45, 2.75) is 26.2 Å². The van der Waals surface area contributed by atoms with Crippen molar-refractivity contribution in [1.82, 2.24) is 0 Å². The van der Waals surface area contributed by atoms with Crippen LogP contribution in [0, 0.1) is 10.1 Å². The van der Waals surface area contributed by atoms with Crippen molar-refractivity contribution in [3.8, 4) is 5.75 Å². The van der Waals surface area contributed by atoms with Gasteiger partial charge in [0.15, 0.2) is 11.5 Å². The molecule has 0 aliphatic rings. The summed E-state index contributed by atoms with van der Waals surface area (Å²) in [6, 6.07) is 4.30. The van der Waals surface area contributed by atoms with E-state index in [1.807, 2.05) is 0 Å². The van der Waals surface area contributed by atoms with Crippen molar-refractivity contribution >= 4 is 27.4 Å². The van der Waals surface area contributed by atoms with Crippen LogP contribution in [-0.4, -0.2) is 22.6 Å². The Morgan fingerprint density at radius 3 is 2.74 bits per heavy atom. The van der Waals surface area contributed by atoms with Crippen LogP contribution < -0.4 is 4.74 Å². The molecule has 0 saturated carbocycles. The zero-order valence-corrected chi connectivity index (χ0v) is 12.3. The normalized spacial score (nSPS) is 10.2. The van der Waals surface area contributed by atoms with Crippen LogP contribution in [0.5, 0.6) is 5.75 Å². The van der Waals surface area contributed by atoms with E-state index in [4.69, 9.17) is 4.74 Å². The first-order chi connectivity index (χ1) is 9.10. The highest BCUT2D eigenvalue weighted by Gasteiger charge is 2.18. The first kappa shape index (κ1) is 15.6. The lowest BCUT2D eigenvalue weighted by molar-refractivity contribution is -0.385. The van der Waals surface area contributed by atoms with E-state index in [-0.39, 0.29) is 22.6 Å². The molecular formula is C13H16BrNO4. The van der Waals surface area contributed by atoms with E-state index < -0.39 is 4.92 Å². The summed E-state index contributed by atoms with van der Waals surface area (Å²) >= 11 is 3.04. The largest absolute Gasteiger partial charge is 0.487 e. The third-order valence-electron chi connectivity index (χ3n) is 2.60. The lowest BCUT2D eigenvalue weighted by atomic mass is 10.1. The highest BCUT2D eigenvalue weighted by Crippen LogP contribution is 2.28. The van der Waals surface area contributed by atoms with E-state index in [0.29, 0.717) is 12.2 Å². The van der Waals surface area contributed by atoms with Crippen LogP contribution in [-0.2, 0) is 0 Å². The Labute approximate surface area is 120 Å². The van der Waals surface area contributed by atoms with E-state index in [2.05, 4.69) is 22.9 Å². The van der Waals surface area contributed by atoms with Crippen LogP contribution in [0.1, 0.15) is 36.5 Å². The molecule has 0 aliphatic heterocycles. The maximum Gasteiger partial charge on any atom is 0.311 e. The van der Waals surface area contributed by atoms with Crippen LogP contribution in [0.3, 0.4) is 0 Å². The van der Waals surface area contributed by atoms with Crippen molar-refractivity contribution in [3.63, 3.8) is 0 Å². The van der Waals surface area contributed by atoms with Crippen molar-refractivity contribution < 1.29 is 14.5 Å². The monoisotopic (exact) mass is 329 g/mol. The van der Waals surface area contributed by atoms with Gasteiger partial charge in [-0.15, -0.1) is 0 Å². The molecule has 0 bridgehead atoms. The van der Waals surface area contributed by atoms with Gasteiger partial charge in [0, 0.05) is 11.6 Å². The predicted octanol–water partition coefficient (Wildman–Crippen LogP) is 3.74. The number of unbranched alkanes of at least 4 members (excludes halogenated alkanes) is 2. The maximum atomic E-state index is 11.5. The molecule has 0 spiro atoms. The van der Waals surface area contributed by atoms with Gasteiger partial charge in [-0.3, -0.25) is 14.9 Å².